The van der Waals surface area contributed by atoms with E-state index in [0.29, 0.717) is 57.5 Å². The Bertz CT molecular complexity index is 1730. The SMILES string of the molecule is Nc1ncc(Oc2ccc(Br)cc2)c(NC2CCCCC2=O)n1.Nc1ncc(Oc2ccc(Cl)cc2Cl)c(NC2CCCCC2=O)n1. The Morgan fingerprint density at radius 2 is 1.26 bits per heavy atom. The molecule has 2 aliphatic rings. The predicted molar refractivity (Wildman–Crippen MR) is 185 cm³/mol. The number of hydrogen-bond acceptors (Lipinski definition) is 12. The minimum absolute atomic E-state index is 0.0929. The normalized spacial score (nSPS) is 17.7. The number of benzene rings is 2. The van der Waals surface area contributed by atoms with Crippen molar-refractivity contribution in [3.8, 4) is 23.0 Å². The van der Waals surface area contributed by atoms with Crippen LogP contribution in [0.25, 0.3) is 0 Å². The van der Waals surface area contributed by atoms with Crippen molar-refractivity contribution in [3.05, 3.63) is 69.4 Å². The number of carbonyl (C=O) groups is 2. The maximum atomic E-state index is 12.0. The highest BCUT2D eigenvalue weighted by Gasteiger charge is 2.25. The summed E-state index contributed by atoms with van der Waals surface area (Å²) in [5.41, 5.74) is 11.3. The average Bonchev–Trinajstić information content (AvgIpc) is 3.04. The molecule has 0 bridgehead atoms. The molecule has 246 valence electrons. The van der Waals surface area contributed by atoms with Crippen molar-refractivity contribution < 1.29 is 19.1 Å². The fourth-order valence-corrected chi connectivity index (χ4v) is 5.74. The monoisotopic (exact) mass is 742 g/mol. The van der Waals surface area contributed by atoms with Gasteiger partial charge in [0.05, 0.1) is 29.5 Å². The predicted octanol–water partition coefficient (Wildman–Crippen LogP) is 7.62. The van der Waals surface area contributed by atoms with Crippen molar-refractivity contribution in [1.82, 2.24) is 19.9 Å². The molecule has 12 nitrogen and oxygen atoms in total. The summed E-state index contributed by atoms with van der Waals surface area (Å²) in [4.78, 5) is 40.3. The fraction of sp³-hybridized carbons (Fsp3) is 0.312. The number of carbonyl (C=O) groups excluding carboxylic acids is 2. The number of nitrogens with two attached hydrogens (primary N) is 2. The minimum atomic E-state index is -0.295. The fourth-order valence-electron chi connectivity index (χ4n) is 5.03. The van der Waals surface area contributed by atoms with Gasteiger partial charge < -0.3 is 31.6 Å². The number of nitrogens with one attached hydrogen (secondary N) is 2. The molecule has 2 atom stereocenters. The van der Waals surface area contributed by atoms with Crippen LogP contribution in [0.15, 0.2) is 59.3 Å². The molecule has 6 N–H and O–H groups in total. The molecule has 47 heavy (non-hydrogen) atoms. The van der Waals surface area contributed by atoms with Crippen molar-refractivity contribution in [2.45, 2.75) is 63.5 Å². The molecule has 0 radical (unpaired) electrons. The summed E-state index contributed by atoms with van der Waals surface area (Å²) < 4.78 is 12.6. The molecule has 2 aromatic carbocycles. The second-order valence-electron chi connectivity index (χ2n) is 10.9. The molecule has 2 fully saturated rings. The first kappa shape index (κ1) is 34.1. The van der Waals surface area contributed by atoms with Gasteiger partial charge in [-0.1, -0.05) is 52.0 Å². The van der Waals surface area contributed by atoms with E-state index in [2.05, 4.69) is 46.5 Å². The molecule has 2 heterocycles. The number of ether oxygens (including phenoxy) is 2. The molecule has 6 rings (SSSR count). The molecule has 0 aliphatic heterocycles. The minimum Gasteiger partial charge on any atom is -0.452 e. The highest BCUT2D eigenvalue weighted by atomic mass is 79.9. The summed E-state index contributed by atoms with van der Waals surface area (Å²) >= 11 is 15.4. The van der Waals surface area contributed by atoms with E-state index < -0.39 is 0 Å². The third-order valence-electron chi connectivity index (χ3n) is 7.43. The van der Waals surface area contributed by atoms with Crippen molar-refractivity contribution in [2.75, 3.05) is 22.1 Å². The van der Waals surface area contributed by atoms with E-state index in [1.165, 1.54) is 12.4 Å². The van der Waals surface area contributed by atoms with Crippen LogP contribution < -0.4 is 31.6 Å². The first-order valence-electron chi connectivity index (χ1n) is 15.0. The molecule has 15 heteroatoms. The summed E-state index contributed by atoms with van der Waals surface area (Å²) in [5.74, 6) is 3.25. The lowest BCUT2D eigenvalue weighted by molar-refractivity contribution is -0.121. The van der Waals surface area contributed by atoms with Crippen LogP contribution in [0.4, 0.5) is 23.5 Å². The van der Waals surface area contributed by atoms with Crippen molar-refractivity contribution in [3.63, 3.8) is 0 Å². The number of Topliss-reactive ketones (excluding diaryl/α,β-unsaturated/α-hetero) is 2. The zero-order valence-electron chi connectivity index (χ0n) is 25.2. The number of hydrogen-bond donors (Lipinski definition) is 4. The van der Waals surface area contributed by atoms with Gasteiger partial charge in [0, 0.05) is 22.3 Å². The number of nitrogens with zero attached hydrogens (tertiary/aromatic N) is 4. The number of rotatable bonds is 8. The number of ketones is 2. The van der Waals surface area contributed by atoms with Gasteiger partial charge in [-0.05, 0) is 68.1 Å². The zero-order chi connectivity index (χ0) is 33.3. The second kappa shape index (κ2) is 16.1. The maximum absolute atomic E-state index is 12.0. The lowest BCUT2D eigenvalue weighted by atomic mass is 9.94. The van der Waals surface area contributed by atoms with E-state index >= 15 is 0 Å². The van der Waals surface area contributed by atoms with Crippen LogP contribution in [0.2, 0.25) is 10.0 Å². The highest BCUT2D eigenvalue weighted by molar-refractivity contribution is 9.10. The van der Waals surface area contributed by atoms with Gasteiger partial charge in [0.1, 0.15) is 11.5 Å². The lowest BCUT2D eigenvalue weighted by Crippen LogP contribution is -2.32. The van der Waals surface area contributed by atoms with E-state index in [4.69, 9.17) is 44.1 Å². The second-order valence-corrected chi connectivity index (χ2v) is 12.7. The van der Waals surface area contributed by atoms with Gasteiger partial charge in [-0.15, -0.1) is 0 Å². The standard InChI is InChI=1S/C16H17BrN4O2.C16H16Cl2N4O2/c17-10-5-7-11(8-6-10)23-14-9-19-16(18)21-15(14)20-12-3-1-2-4-13(12)22;17-9-5-6-13(10(18)7-9)24-14-8-20-16(19)22-15(14)21-11-3-1-2-4-12(11)23/h5-9,12H,1-4H2,(H3,18,19,20,21);5-8,11H,1-4H2,(H3,19,20,21,22). The Hall–Kier alpha value is -4.20. The smallest absolute Gasteiger partial charge is 0.222 e. The van der Waals surface area contributed by atoms with E-state index in [9.17, 15) is 9.59 Å². The van der Waals surface area contributed by atoms with Crippen molar-refractivity contribution in [1.29, 1.82) is 0 Å². The maximum Gasteiger partial charge on any atom is 0.222 e. The van der Waals surface area contributed by atoms with Crippen molar-refractivity contribution in [2.24, 2.45) is 0 Å². The zero-order valence-corrected chi connectivity index (χ0v) is 28.3. The van der Waals surface area contributed by atoms with Gasteiger partial charge in [0.25, 0.3) is 0 Å². The van der Waals surface area contributed by atoms with Crippen LogP contribution in [0.5, 0.6) is 23.0 Å². The van der Waals surface area contributed by atoms with Crippen molar-refractivity contribution >= 4 is 74.2 Å². The molecule has 0 saturated heterocycles. The number of anilines is 4. The first-order chi connectivity index (χ1) is 22.6. The van der Waals surface area contributed by atoms with Gasteiger partial charge in [0.15, 0.2) is 34.7 Å². The molecule has 2 aromatic heterocycles. The topological polar surface area (TPSA) is 180 Å². The Kier molecular flexibility index (Phi) is 11.7. The first-order valence-corrected chi connectivity index (χ1v) is 16.6. The molecular formula is C32H33BrCl2N8O4. The molecule has 2 aliphatic carbocycles. The molecule has 0 spiro atoms. The van der Waals surface area contributed by atoms with Crippen LogP contribution in [0.1, 0.15) is 51.4 Å². The van der Waals surface area contributed by atoms with Crippen LogP contribution in [0, 0.1) is 0 Å². The summed E-state index contributed by atoms with van der Waals surface area (Å²) in [6.07, 6.45) is 9.56. The van der Waals surface area contributed by atoms with E-state index in [1.54, 1.807) is 18.2 Å². The molecule has 0 amide bonds. The van der Waals surface area contributed by atoms with E-state index in [-0.39, 0.29) is 35.5 Å². The molecular weight excluding hydrogens is 711 g/mol. The third-order valence-corrected chi connectivity index (χ3v) is 8.49. The Morgan fingerprint density at radius 3 is 1.77 bits per heavy atom. The quantitative estimate of drug-likeness (QED) is 0.139. The number of halogens is 3. The summed E-state index contributed by atoms with van der Waals surface area (Å²) in [6.45, 7) is 0. The average molecular weight is 744 g/mol. The Morgan fingerprint density at radius 1 is 0.723 bits per heavy atom. The highest BCUT2D eigenvalue weighted by Crippen LogP contribution is 2.35. The van der Waals surface area contributed by atoms with Crippen LogP contribution >= 0.6 is 39.1 Å². The van der Waals surface area contributed by atoms with Gasteiger partial charge in [-0.2, -0.15) is 9.97 Å². The van der Waals surface area contributed by atoms with E-state index in [1.807, 2.05) is 24.3 Å². The number of aromatic nitrogens is 4. The molecule has 2 saturated carbocycles. The Balaban J connectivity index is 0.000000185. The van der Waals surface area contributed by atoms with Gasteiger partial charge >= 0.3 is 0 Å². The number of nitrogen functional groups attached to an aromatic ring is 2. The van der Waals surface area contributed by atoms with Crippen LogP contribution in [-0.2, 0) is 9.59 Å². The molecule has 4 aromatic rings. The lowest BCUT2D eigenvalue weighted by Gasteiger charge is -2.23. The molecule has 2 unspecified atom stereocenters. The van der Waals surface area contributed by atoms with Gasteiger partial charge in [-0.25, -0.2) is 9.97 Å². The Labute approximate surface area is 290 Å². The van der Waals surface area contributed by atoms with Gasteiger partial charge in [-0.3, -0.25) is 9.59 Å². The summed E-state index contributed by atoms with van der Waals surface area (Å²) in [5, 5.41) is 7.14. The van der Waals surface area contributed by atoms with Gasteiger partial charge in [0.2, 0.25) is 11.9 Å². The summed E-state index contributed by atoms with van der Waals surface area (Å²) in [7, 11) is 0. The van der Waals surface area contributed by atoms with Crippen LogP contribution in [-0.4, -0.2) is 43.6 Å². The largest absolute Gasteiger partial charge is 0.452 e. The summed E-state index contributed by atoms with van der Waals surface area (Å²) in [6, 6.07) is 11.8. The van der Waals surface area contributed by atoms with Crippen LogP contribution in [0.3, 0.4) is 0 Å². The van der Waals surface area contributed by atoms with E-state index in [0.717, 1.165) is 43.0 Å². The third kappa shape index (κ3) is 9.66.